The highest BCUT2D eigenvalue weighted by Crippen LogP contribution is 2.47. The van der Waals surface area contributed by atoms with Gasteiger partial charge in [0.25, 0.3) is 5.91 Å². The molecule has 5 heteroatoms. The van der Waals surface area contributed by atoms with E-state index in [1.165, 1.54) is 23.8 Å². The fraction of sp³-hybridized carbons (Fsp3) is 0.200. The number of nitrogens with zero attached hydrogens (tertiary/aromatic N) is 1. The van der Waals surface area contributed by atoms with Gasteiger partial charge in [0.05, 0.1) is 0 Å². The molecule has 0 spiro atoms. The van der Waals surface area contributed by atoms with Crippen molar-refractivity contribution in [2.24, 2.45) is 0 Å². The second-order valence-corrected chi connectivity index (χ2v) is 6.42. The molecule has 4 nitrogen and oxygen atoms in total. The van der Waals surface area contributed by atoms with Crippen LogP contribution in [0.4, 0.5) is 4.39 Å². The molecular formula is C20H17FN2O2. The minimum Gasteiger partial charge on any atom is -0.350 e. The molecule has 0 radical (unpaired) electrons. The minimum absolute atomic E-state index is 0.0301. The number of carbonyl (C=O) groups is 1. The van der Waals surface area contributed by atoms with E-state index in [-0.39, 0.29) is 22.9 Å². The molecule has 4 rings (SSSR count). The van der Waals surface area contributed by atoms with Crippen molar-refractivity contribution in [1.82, 2.24) is 10.5 Å². The normalized spacial score (nSPS) is 14.9. The third kappa shape index (κ3) is 3.18. The maximum absolute atomic E-state index is 13.3. The molecule has 1 aliphatic carbocycles. The summed E-state index contributed by atoms with van der Waals surface area (Å²) in [5.41, 5.74) is 2.29. The van der Waals surface area contributed by atoms with Gasteiger partial charge in [-0.2, -0.15) is 0 Å². The van der Waals surface area contributed by atoms with Crippen LogP contribution in [0, 0.1) is 5.82 Å². The van der Waals surface area contributed by atoms with Crippen LogP contribution in [0.25, 0.3) is 11.3 Å². The summed E-state index contributed by atoms with van der Waals surface area (Å²) in [6.07, 6.45) is 2.12. The molecule has 1 aliphatic rings. The van der Waals surface area contributed by atoms with Crippen molar-refractivity contribution in [3.63, 3.8) is 0 Å². The largest absolute Gasteiger partial charge is 0.350 e. The number of rotatable bonds is 5. The van der Waals surface area contributed by atoms with Gasteiger partial charge in [-0.05, 0) is 30.5 Å². The SMILES string of the molecule is O=C(NCC1(c2ccccc2)CC1)c1cc(-c2cccc(F)c2)no1. The van der Waals surface area contributed by atoms with Gasteiger partial charge in [-0.25, -0.2) is 4.39 Å². The Bertz CT molecular complexity index is 901. The summed E-state index contributed by atoms with van der Waals surface area (Å²) < 4.78 is 18.4. The summed E-state index contributed by atoms with van der Waals surface area (Å²) in [7, 11) is 0. The van der Waals surface area contributed by atoms with Crippen LogP contribution in [0.5, 0.6) is 0 Å². The molecule has 1 N–H and O–H groups in total. The van der Waals surface area contributed by atoms with Gasteiger partial charge in [-0.15, -0.1) is 0 Å². The van der Waals surface area contributed by atoms with Crippen molar-refractivity contribution in [1.29, 1.82) is 0 Å². The Balaban J connectivity index is 1.44. The predicted octanol–water partition coefficient (Wildman–Crippen LogP) is 3.94. The third-order valence-electron chi connectivity index (χ3n) is 4.68. The van der Waals surface area contributed by atoms with Crippen molar-refractivity contribution >= 4 is 5.91 Å². The molecular weight excluding hydrogens is 319 g/mol. The molecule has 1 aromatic heterocycles. The average molecular weight is 336 g/mol. The number of hydrogen-bond donors (Lipinski definition) is 1. The Kier molecular flexibility index (Phi) is 3.84. The Labute approximate surface area is 144 Å². The zero-order valence-electron chi connectivity index (χ0n) is 13.5. The van der Waals surface area contributed by atoms with E-state index in [9.17, 15) is 9.18 Å². The van der Waals surface area contributed by atoms with Crippen LogP contribution in [0.1, 0.15) is 29.0 Å². The summed E-state index contributed by atoms with van der Waals surface area (Å²) >= 11 is 0. The van der Waals surface area contributed by atoms with E-state index in [1.54, 1.807) is 12.1 Å². The highest BCUT2D eigenvalue weighted by Gasteiger charge is 2.44. The number of aromatic nitrogens is 1. The lowest BCUT2D eigenvalue weighted by Gasteiger charge is -2.15. The summed E-state index contributed by atoms with van der Waals surface area (Å²) in [5, 5.41) is 6.79. The molecule has 1 heterocycles. The molecule has 0 saturated heterocycles. The Hall–Kier alpha value is -2.95. The number of hydrogen-bond acceptors (Lipinski definition) is 3. The van der Waals surface area contributed by atoms with E-state index in [4.69, 9.17) is 4.52 Å². The predicted molar refractivity (Wildman–Crippen MR) is 91.6 cm³/mol. The van der Waals surface area contributed by atoms with Gasteiger partial charge in [0.2, 0.25) is 5.76 Å². The Morgan fingerprint density at radius 3 is 2.64 bits per heavy atom. The lowest BCUT2D eigenvalue weighted by molar-refractivity contribution is 0.0913. The van der Waals surface area contributed by atoms with Crippen molar-refractivity contribution in [2.75, 3.05) is 6.54 Å². The molecule has 0 aliphatic heterocycles. The highest BCUT2D eigenvalue weighted by atomic mass is 19.1. The molecule has 1 fully saturated rings. The number of halogens is 1. The second-order valence-electron chi connectivity index (χ2n) is 6.42. The van der Waals surface area contributed by atoms with Crippen LogP contribution >= 0.6 is 0 Å². The van der Waals surface area contributed by atoms with Gasteiger partial charge in [0.1, 0.15) is 11.5 Å². The van der Waals surface area contributed by atoms with E-state index < -0.39 is 0 Å². The van der Waals surface area contributed by atoms with Gasteiger partial charge in [0, 0.05) is 23.6 Å². The number of amides is 1. The zero-order chi connectivity index (χ0) is 17.3. The molecule has 1 amide bonds. The van der Waals surface area contributed by atoms with E-state index in [2.05, 4.69) is 22.6 Å². The van der Waals surface area contributed by atoms with Crippen molar-refractivity contribution in [3.05, 3.63) is 77.8 Å². The standard InChI is InChI=1S/C20H17FN2O2/c21-16-8-4-5-14(11-16)17-12-18(25-23-17)19(24)22-13-20(9-10-20)15-6-2-1-3-7-15/h1-8,11-12H,9-10,13H2,(H,22,24). The van der Waals surface area contributed by atoms with Crippen LogP contribution in [0.2, 0.25) is 0 Å². The van der Waals surface area contributed by atoms with E-state index >= 15 is 0 Å². The molecule has 25 heavy (non-hydrogen) atoms. The average Bonchev–Trinajstić information content (AvgIpc) is 3.27. The summed E-state index contributed by atoms with van der Waals surface area (Å²) in [4.78, 5) is 12.3. The topological polar surface area (TPSA) is 55.1 Å². The first kappa shape index (κ1) is 15.6. The minimum atomic E-state index is -0.356. The molecule has 1 saturated carbocycles. The van der Waals surface area contributed by atoms with Gasteiger partial charge < -0.3 is 9.84 Å². The van der Waals surface area contributed by atoms with E-state index in [0.717, 1.165) is 12.8 Å². The fourth-order valence-electron chi connectivity index (χ4n) is 3.01. The molecule has 0 atom stereocenters. The highest BCUT2D eigenvalue weighted by molar-refractivity contribution is 5.92. The molecule has 3 aromatic rings. The third-order valence-corrected chi connectivity index (χ3v) is 4.68. The Morgan fingerprint density at radius 2 is 1.92 bits per heavy atom. The molecule has 0 bridgehead atoms. The smallest absolute Gasteiger partial charge is 0.289 e. The van der Waals surface area contributed by atoms with Gasteiger partial charge in [-0.1, -0.05) is 47.6 Å². The maximum Gasteiger partial charge on any atom is 0.289 e. The first-order chi connectivity index (χ1) is 12.2. The Morgan fingerprint density at radius 1 is 1.12 bits per heavy atom. The summed E-state index contributed by atoms with van der Waals surface area (Å²) in [5.74, 6) is -0.537. The summed E-state index contributed by atoms with van der Waals surface area (Å²) in [6.45, 7) is 0.561. The fourth-order valence-corrected chi connectivity index (χ4v) is 3.01. The van der Waals surface area contributed by atoms with Crippen LogP contribution < -0.4 is 5.32 Å². The quantitative estimate of drug-likeness (QED) is 0.768. The summed E-state index contributed by atoms with van der Waals surface area (Å²) in [6, 6.07) is 17.8. The molecule has 0 unspecified atom stereocenters. The monoisotopic (exact) mass is 336 g/mol. The first-order valence-electron chi connectivity index (χ1n) is 8.23. The van der Waals surface area contributed by atoms with Crippen LogP contribution in [-0.4, -0.2) is 17.6 Å². The number of nitrogens with one attached hydrogen (secondary N) is 1. The van der Waals surface area contributed by atoms with Crippen molar-refractivity contribution < 1.29 is 13.7 Å². The molecule has 2 aromatic carbocycles. The maximum atomic E-state index is 13.3. The van der Waals surface area contributed by atoms with Crippen LogP contribution in [-0.2, 0) is 5.41 Å². The van der Waals surface area contributed by atoms with Gasteiger partial charge >= 0.3 is 0 Å². The zero-order valence-corrected chi connectivity index (χ0v) is 13.5. The molecule has 126 valence electrons. The van der Waals surface area contributed by atoms with Gasteiger partial charge in [0.15, 0.2) is 0 Å². The van der Waals surface area contributed by atoms with Gasteiger partial charge in [-0.3, -0.25) is 4.79 Å². The van der Waals surface area contributed by atoms with Crippen LogP contribution in [0.3, 0.4) is 0 Å². The lowest BCUT2D eigenvalue weighted by Crippen LogP contribution is -2.32. The lowest BCUT2D eigenvalue weighted by atomic mass is 9.96. The van der Waals surface area contributed by atoms with E-state index in [0.29, 0.717) is 17.8 Å². The second kappa shape index (κ2) is 6.16. The van der Waals surface area contributed by atoms with Crippen LogP contribution in [0.15, 0.2) is 65.2 Å². The van der Waals surface area contributed by atoms with Crippen molar-refractivity contribution in [3.8, 4) is 11.3 Å². The van der Waals surface area contributed by atoms with Crippen molar-refractivity contribution in [2.45, 2.75) is 18.3 Å². The first-order valence-corrected chi connectivity index (χ1v) is 8.23. The number of benzene rings is 2. The van der Waals surface area contributed by atoms with E-state index in [1.807, 2.05) is 18.2 Å². The number of carbonyl (C=O) groups excluding carboxylic acids is 1.